The molecule has 54 valence electrons. The number of aromatic nitrogens is 1. The van der Waals surface area contributed by atoms with E-state index in [1.54, 1.807) is 5.57 Å². The van der Waals surface area contributed by atoms with E-state index in [4.69, 9.17) is 0 Å². The molecule has 1 aromatic heterocycles. The van der Waals surface area contributed by atoms with Gasteiger partial charge in [-0.05, 0) is 30.5 Å². The van der Waals surface area contributed by atoms with Crippen LogP contribution in [0.25, 0.3) is 6.08 Å². The van der Waals surface area contributed by atoms with Crippen LogP contribution in [0.15, 0.2) is 17.8 Å². The van der Waals surface area contributed by atoms with Crippen LogP contribution in [0.2, 0.25) is 0 Å². The van der Waals surface area contributed by atoms with E-state index in [1.165, 1.54) is 23.2 Å². The van der Waals surface area contributed by atoms with Gasteiger partial charge in [-0.25, -0.2) is 0 Å². The molecule has 2 aliphatic carbocycles. The monoisotopic (exact) mass is 143 g/mol. The molecular formula is C10H9N. The first-order valence-electron chi connectivity index (χ1n) is 4.02. The molecule has 1 saturated carbocycles. The van der Waals surface area contributed by atoms with Crippen molar-refractivity contribution in [3.05, 3.63) is 34.7 Å². The average molecular weight is 143 g/mol. The van der Waals surface area contributed by atoms with Gasteiger partial charge in [-0.15, -0.1) is 0 Å². The third kappa shape index (κ3) is 0.584. The van der Waals surface area contributed by atoms with Crippen LogP contribution >= 0.6 is 0 Å². The lowest BCUT2D eigenvalue weighted by Gasteiger charge is -2.02. The number of fused-ring (bicyclic) bond motifs is 3. The molecule has 1 unspecified atom stereocenters. The first-order valence-corrected chi connectivity index (χ1v) is 4.02. The fourth-order valence-electron chi connectivity index (χ4n) is 2.00. The van der Waals surface area contributed by atoms with Gasteiger partial charge in [0, 0.05) is 17.8 Å². The van der Waals surface area contributed by atoms with Gasteiger partial charge in [-0.3, -0.25) is 4.98 Å². The summed E-state index contributed by atoms with van der Waals surface area (Å²) in [6.45, 7) is 2.11. The van der Waals surface area contributed by atoms with Crippen molar-refractivity contribution in [2.24, 2.45) is 0 Å². The highest BCUT2D eigenvalue weighted by atomic mass is 14.7. The van der Waals surface area contributed by atoms with E-state index in [9.17, 15) is 0 Å². The Hall–Kier alpha value is -1.11. The molecule has 0 aliphatic heterocycles. The van der Waals surface area contributed by atoms with Crippen LogP contribution in [0.1, 0.15) is 29.2 Å². The molecule has 3 rings (SSSR count). The second kappa shape index (κ2) is 1.55. The van der Waals surface area contributed by atoms with Gasteiger partial charge in [-0.1, -0.05) is 11.6 Å². The normalized spacial score (nSPS) is 24.1. The smallest absolute Gasteiger partial charge is 0.0416 e. The Morgan fingerprint density at radius 2 is 2.45 bits per heavy atom. The predicted molar refractivity (Wildman–Crippen MR) is 44.3 cm³/mol. The maximum absolute atomic E-state index is 4.29. The molecule has 11 heavy (non-hydrogen) atoms. The minimum atomic E-state index is 0.763. The molecule has 0 aromatic carbocycles. The Kier molecular flexibility index (Phi) is 0.780. The Labute approximate surface area is 65.8 Å². The van der Waals surface area contributed by atoms with Crippen molar-refractivity contribution in [3.63, 3.8) is 0 Å². The van der Waals surface area contributed by atoms with Crippen molar-refractivity contribution < 1.29 is 0 Å². The van der Waals surface area contributed by atoms with Crippen LogP contribution in [0.3, 0.4) is 0 Å². The third-order valence-electron chi connectivity index (χ3n) is 2.64. The van der Waals surface area contributed by atoms with Crippen LogP contribution in [-0.2, 0) is 0 Å². The molecule has 1 atom stereocenters. The maximum atomic E-state index is 4.29. The van der Waals surface area contributed by atoms with Gasteiger partial charge in [-0.2, -0.15) is 0 Å². The first kappa shape index (κ1) is 5.53. The molecule has 1 fully saturated rings. The summed E-state index contributed by atoms with van der Waals surface area (Å²) in [4.78, 5) is 4.29. The van der Waals surface area contributed by atoms with Crippen molar-refractivity contribution in [3.8, 4) is 0 Å². The molecule has 0 radical (unpaired) electrons. The standard InChI is InChI=1S/C10H9N/c1-6-10-7(2-3-11-6)4-8-5-9(8)10/h2-4,9H,5H2,1H3. The average Bonchev–Trinajstić information content (AvgIpc) is 2.62. The molecule has 1 heterocycles. The molecule has 1 nitrogen and oxygen atoms in total. The highest BCUT2D eigenvalue weighted by Crippen LogP contribution is 2.54. The Bertz CT molecular complexity index is 363. The van der Waals surface area contributed by atoms with Crippen LogP contribution < -0.4 is 0 Å². The molecule has 1 aromatic rings. The van der Waals surface area contributed by atoms with Gasteiger partial charge in [0.15, 0.2) is 0 Å². The summed E-state index contributed by atoms with van der Waals surface area (Å²) < 4.78 is 0. The second-order valence-corrected chi connectivity index (χ2v) is 3.38. The van der Waals surface area contributed by atoms with E-state index in [0.29, 0.717) is 0 Å². The molecule has 0 spiro atoms. The molecule has 1 heteroatoms. The number of aryl methyl sites for hydroxylation is 1. The minimum Gasteiger partial charge on any atom is -0.261 e. The fourth-order valence-corrected chi connectivity index (χ4v) is 2.00. The maximum Gasteiger partial charge on any atom is 0.0416 e. The van der Waals surface area contributed by atoms with E-state index >= 15 is 0 Å². The van der Waals surface area contributed by atoms with Gasteiger partial charge in [0.25, 0.3) is 0 Å². The molecule has 2 aliphatic rings. The first-order chi connectivity index (χ1) is 5.36. The Balaban J connectivity index is 2.33. The lowest BCUT2D eigenvalue weighted by atomic mass is 10.1. The summed E-state index contributed by atoms with van der Waals surface area (Å²) in [6.07, 6.45) is 5.50. The van der Waals surface area contributed by atoms with Gasteiger partial charge in [0.05, 0.1) is 0 Å². The van der Waals surface area contributed by atoms with Crippen molar-refractivity contribution in [2.75, 3.05) is 0 Å². The SMILES string of the molecule is Cc1nccc2c1C1CC1=C2. The molecule has 0 saturated heterocycles. The third-order valence-corrected chi connectivity index (χ3v) is 2.64. The number of pyridine rings is 1. The summed E-state index contributed by atoms with van der Waals surface area (Å²) in [5, 5.41) is 0. The fraction of sp³-hybridized carbons (Fsp3) is 0.300. The number of rotatable bonds is 0. The summed E-state index contributed by atoms with van der Waals surface area (Å²) in [6, 6.07) is 2.11. The summed E-state index contributed by atoms with van der Waals surface area (Å²) in [5.74, 6) is 0.763. The van der Waals surface area contributed by atoms with Crippen LogP contribution in [0.5, 0.6) is 0 Å². The zero-order chi connectivity index (χ0) is 7.42. The van der Waals surface area contributed by atoms with E-state index in [1.807, 2.05) is 6.20 Å². The summed E-state index contributed by atoms with van der Waals surface area (Å²) in [5.41, 5.74) is 5.72. The topological polar surface area (TPSA) is 12.9 Å². The van der Waals surface area contributed by atoms with Gasteiger partial charge in [0.1, 0.15) is 0 Å². The zero-order valence-corrected chi connectivity index (χ0v) is 6.46. The highest BCUT2D eigenvalue weighted by molar-refractivity contribution is 5.73. The molecule has 0 N–H and O–H groups in total. The van der Waals surface area contributed by atoms with E-state index in [0.717, 1.165) is 5.92 Å². The number of allylic oxidation sites excluding steroid dienone is 1. The Morgan fingerprint density at radius 1 is 1.55 bits per heavy atom. The second-order valence-electron chi connectivity index (χ2n) is 3.38. The lowest BCUT2D eigenvalue weighted by molar-refractivity contribution is 1.06. The number of hydrogen-bond donors (Lipinski definition) is 0. The number of hydrogen-bond acceptors (Lipinski definition) is 1. The van der Waals surface area contributed by atoms with Crippen LogP contribution in [0, 0.1) is 6.92 Å². The summed E-state index contributed by atoms with van der Waals surface area (Å²) >= 11 is 0. The largest absolute Gasteiger partial charge is 0.261 e. The van der Waals surface area contributed by atoms with Gasteiger partial charge >= 0.3 is 0 Å². The highest BCUT2D eigenvalue weighted by Gasteiger charge is 2.38. The number of nitrogens with zero attached hydrogens (tertiary/aromatic N) is 1. The van der Waals surface area contributed by atoms with Gasteiger partial charge < -0.3 is 0 Å². The van der Waals surface area contributed by atoms with Crippen molar-refractivity contribution in [2.45, 2.75) is 19.3 Å². The molecule has 0 amide bonds. The molecule has 0 bridgehead atoms. The van der Waals surface area contributed by atoms with Crippen molar-refractivity contribution in [1.29, 1.82) is 0 Å². The van der Waals surface area contributed by atoms with Crippen LogP contribution in [-0.4, -0.2) is 4.98 Å². The van der Waals surface area contributed by atoms with Crippen molar-refractivity contribution in [1.82, 2.24) is 4.98 Å². The quantitative estimate of drug-likeness (QED) is 0.543. The Morgan fingerprint density at radius 3 is 3.27 bits per heavy atom. The van der Waals surface area contributed by atoms with Crippen molar-refractivity contribution >= 4 is 6.08 Å². The lowest BCUT2D eigenvalue weighted by Crippen LogP contribution is -1.90. The minimum absolute atomic E-state index is 0.763. The zero-order valence-electron chi connectivity index (χ0n) is 6.46. The van der Waals surface area contributed by atoms with Crippen LogP contribution in [0.4, 0.5) is 0 Å². The summed E-state index contributed by atoms with van der Waals surface area (Å²) in [7, 11) is 0. The van der Waals surface area contributed by atoms with E-state index in [-0.39, 0.29) is 0 Å². The predicted octanol–water partition coefficient (Wildman–Crippen LogP) is 2.27. The van der Waals surface area contributed by atoms with Gasteiger partial charge in [0.2, 0.25) is 0 Å². The molecular weight excluding hydrogens is 134 g/mol. The van der Waals surface area contributed by atoms with E-state index < -0.39 is 0 Å². The van der Waals surface area contributed by atoms with E-state index in [2.05, 4.69) is 24.1 Å².